The molecule has 0 bridgehead atoms. The first kappa shape index (κ1) is 21.2. The summed E-state index contributed by atoms with van der Waals surface area (Å²) >= 11 is 0. The van der Waals surface area contributed by atoms with Gasteiger partial charge in [-0.25, -0.2) is 17.9 Å². The molecule has 0 atom stereocenters. The lowest BCUT2D eigenvalue weighted by molar-refractivity contribution is 0.0390. The summed E-state index contributed by atoms with van der Waals surface area (Å²) in [6.45, 7) is 4.32. The average Bonchev–Trinajstić information content (AvgIpc) is 2.74. The maximum atomic E-state index is 12.4. The molecule has 0 saturated carbocycles. The standard InChI is InChI=1S/C19H25N5O4S/c25-19(21-15-16-5-7-20-8-6-16)23-17-1-3-18(4-2-17)29(26,27)22-9-10-24-11-13-28-14-12-24/h1-8,22H,9-15H2,(H2,21,23,25). The molecule has 1 fully saturated rings. The molecular formula is C19H25N5O4S. The molecule has 1 aliphatic rings. The fraction of sp³-hybridized carbons (Fsp3) is 0.368. The second kappa shape index (κ2) is 10.3. The number of morpholine rings is 1. The van der Waals surface area contributed by atoms with Gasteiger partial charge in [0.25, 0.3) is 0 Å². The molecular weight excluding hydrogens is 394 g/mol. The highest BCUT2D eigenvalue weighted by atomic mass is 32.2. The van der Waals surface area contributed by atoms with Crippen LogP contribution >= 0.6 is 0 Å². The van der Waals surface area contributed by atoms with Gasteiger partial charge in [0.2, 0.25) is 10.0 Å². The van der Waals surface area contributed by atoms with Crippen molar-refractivity contribution in [3.8, 4) is 0 Å². The van der Waals surface area contributed by atoms with Crippen molar-refractivity contribution in [3.63, 3.8) is 0 Å². The summed E-state index contributed by atoms with van der Waals surface area (Å²) in [7, 11) is -3.59. The van der Waals surface area contributed by atoms with E-state index in [1.807, 2.05) is 12.1 Å². The van der Waals surface area contributed by atoms with Gasteiger partial charge >= 0.3 is 6.03 Å². The average molecular weight is 420 g/mol. The molecule has 10 heteroatoms. The van der Waals surface area contributed by atoms with Gasteiger partial charge in [0.05, 0.1) is 18.1 Å². The molecule has 1 aromatic heterocycles. The Kier molecular flexibility index (Phi) is 7.53. The first-order valence-electron chi connectivity index (χ1n) is 9.36. The number of sulfonamides is 1. The Balaban J connectivity index is 1.46. The third-order valence-corrected chi connectivity index (χ3v) is 5.93. The first-order valence-corrected chi connectivity index (χ1v) is 10.8. The Labute approximate surface area is 170 Å². The number of urea groups is 1. The van der Waals surface area contributed by atoms with Crippen molar-refractivity contribution in [1.82, 2.24) is 19.9 Å². The number of nitrogens with one attached hydrogen (secondary N) is 3. The molecule has 0 unspecified atom stereocenters. The Morgan fingerprint density at radius 2 is 1.76 bits per heavy atom. The minimum absolute atomic E-state index is 0.155. The Morgan fingerprint density at radius 3 is 2.45 bits per heavy atom. The molecule has 1 aliphatic heterocycles. The molecule has 0 spiro atoms. The van der Waals surface area contributed by atoms with E-state index in [0.29, 0.717) is 38.5 Å². The van der Waals surface area contributed by atoms with Crippen LogP contribution in [0, 0.1) is 0 Å². The van der Waals surface area contributed by atoms with Crippen LogP contribution in [-0.4, -0.2) is 63.7 Å². The van der Waals surface area contributed by atoms with E-state index >= 15 is 0 Å². The number of ether oxygens (including phenoxy) is 1. The first-order chi connectivity index (χ1) is 14.0. The maximum Gasteiger partial charge on any atom is 0.319 e. The normalized spacial score (nSPS) is 15.0. The van der Waals surface area contributed by atoms with Crippen LogP contribution < -0.4 is 15.4 Å². The number of rotatable bonds is 8. The summed E-state index contributed by atoms with van der Waals surface area (Å²) in [4.78, 5) is 18.2. The summed E-state index contributed by atoms with van der Waals surface area (Å²) in [5.74, 6) is 0. The molecule has 2 heterocycles. The molecule has 2 amide bonds. The van der Waals surface area contributed by atoms with Crippen molar-refractivity contribution in [2.24, 2.45) is 0 Å². The minimum Gasteiger partial charge on any atom is -0.379 e. The number of carbonyl (C=O) groups excluding carboxylic acids is 1. The third-order valence-electron chi connectivity index (χ3n) is 4.45. The summed E-state index contributed by atoms with van der Waals surface area (Å²) in [6, 6.07) is 9.30. The van der Waals surface area contributed by atoms with Gasteiger partial charge in [0.15, 0.2) is 0 Å². The molecule has 3 N–H and O–H groups in total. The molecule has 29 heavy (non-hydrogen) atoms. The highest BCUT2D eigenvalue weighted by Crippen LogP contribution is 2.14. The fourth-order valence-electron chi connectivity index (χ4n) is 2.82. The van der Waals surface area contributed by atoms with Gasteiger partial charge in [-0.05, 0) is 42.0 Å². The quantitative estimate of drug-likeness (QED) is 0.589. The molecule has 156 valence electrons. The summed E-state index contributed by atoms with van der Waals surface area (Å²) < 4.78 is 32.7. The highest BCUT2D eigenvalue weighted by molar-refractivity contribution is 7.89. The Morgan fingerprint density at radius 1 is 1.07 bits per heavy atom. The third kappa shape index (κ3) is 6.79. The fourth-order valence-corrected chi connectivity index (χ4v) is 3.84. The van der Waals surface area contributed by atoms with Crippen molar-refractivity contribution in [2.45, 2.75) is 11.4 Å². The van der Waals surface area contributed by atoms with Crippen molar-refractivity contribution < 1.29 is 17.9 Å². The lowest BCUT2D eigenvalue weighted by Gasteiger charge is -2.26. The zero-order valence-corrected chi connectivity index (χ0v) is 16.8. The van der Waals surface area contributed by atoms with Gasteiger partial charge in [-0.3, -0.25) is 9.88 Å². The lowest BCUT2D eigenvalue weighted by atomic mass is 10.3. The molecule has 1 saturated heterocycles. The summed E-state index contributed by atoms with van der Waals surface area (Å²) in [5.41, 5.74) is 1.43. The SMILES string of the molecule is O=C(NCc1ccncc1)Nc1ccc(S(=O)(=O)NCCN2CCOCC2)cc1. The van der Waals surface area contributed by atoms with Crippen LogP contribution in [0.5, 0.6) is 0 Å². The van der Waals surface area contributed by atoms with E-state index in [4.69, 9.17) is 4.74 Å². The van der Waals surface area contributed by atoms with Crippen molar-refractivity contribution in [1.29, 1.82) is 0 Å². The van der Waals surface area contributed by atoms with E-state index in [1.54, 1.807) is 24.5 Å². The second-order valence-electron chi connectivity index (χ2n) is 6.54. The van der Waals surface area contributed by atoms with E-state index < -0.39 is 10.0 Å². The maximum absolute atomic E-state index is 12.4. The summed E-state index contributed by atoms with van der Waals surface area (Å²) in [5, 5.41) is 5.41. The molecule has 9 nitrogen and oxygen atoms in total. The molecule has 2 aromatic rings. The number of aromatic nitrogens is 1. The Hall–Kier alpha value is -2.53. The molecule has 0 aliphatic carbocycles. The van der Waals surface area contributed by atoms with Gasteiger partial charge in [-0.1, -0.05) is 0 Å². The molecule has 3 rings (SSSR count). The van der Waals surface area contributed by atoms with E-state index in [0.717, 1.165) is 18.7 Å². The number of nitrogens with zero attached hydrogens (tertiary/aromatic N) is 2. The van der Waals surface area contributed by atoms with E-state index in [-0.39, 0.29) is 10.9 Å². The number of hydrogen-bond donors (Lipinski definition) is 3. The summed E-state index contributed by atoms with van der Waals surface area (Å²) in [6.07, 6.45) is 3.31. The topological polar surface area (TPSA) is 113 Å². The number of pyridine rings is 1. The molecule has 0 radical (unpaired) electrons. The number of anilines is 1. The van der Waals surface area contributed by atoms with Crippen LogP contribution in [-0.2, 0) is 21.3 Å². The van der Waals surface area contributed by atoms with E-state index in [9.17, 15) is 13.2 Å². The van der Waals surface area contributed by atoms with Gasteiger partial charge in [0.1, 0.15) is 0 Å². The van der Waals surface area contributed by atoms with Crippen molar-refractivity contribution in [3.05, 3.63) is 54.4 Å². The van der Waals surface area contributed by atoms with Gasteiger partial charge < -0.3 is 15.4 Å². The number of hydrogen-bond acceptors (Lipinski definition) is 6. The predicted molar refractivity (Wildman–Crippen MR) is 109 cm³/mol. The smallest absolute Gasteiger partial charge is 0.319 e. The van der Waals surface area contributed by atoms with Crippen LogP contribution in [0.3, 0.4) is 0 Å². The zero-order chi connectivity index (χ0) is 20.5. The minimum atomic E-state index is -3.59. The van der Waals surface area contributed by atoms with Crippen molar-refractivity contribution >= 4 is 21.7 Å². The van der Waals surface area contributed by atoms with Crippen LogP contribution in [0.4, 0.5) is 10.5 Å². The second-order valence-corrected chi connectivity index (χ2v) is 8.31. The Bertz CT molecular complexity index is 885. The van der Waals surface area contributed by atoms with Crippen LogP contribution in [0.1, 0.15) is 5.56 Å². The predicted octanol–water partition coefficient (Wildman–Crippen LogP) is 1.01. The van der Waals surface area contributed by atoms with Gasteiger partial charge in [-0.15, -0.1) is 0 Å². The highest BCUT2D eigenvalue weighted by Gasteiger charge is 2.15. The number of carbonyl (C=O) groups is 1. The van der Waals surface area contributed by atoms with E-state index in [1.165, 1.54) is 12.1 Å². The zero-order valence-electron chi connectivity index (χ0n) is 16.0. The lowest BCUT2D eigenvalue weighted by Crippen LogP contribution is -2.41. The van der Waals surface area contributed by atoms with E-state index in [2.05, 4.69) is 25.2 Å². The monoisotopic (exact) mass is 419 g/mol. The van der Waals surface area contributed by atoms with Gasteiger partial charge in [0, 0.05) is 50.8 Å². The number of amides is 2. The van der Waals surface area contributed by atoms with Crippen LogP contribution in [0.25, 0.3) is 0 Å². The van der Waals surface area contributed by atoms with Crippen LogP contribution in [0.2, 0.25) is 0 Å². The molecule has 1 aromatic carbocycles. The van der Waals surface area contributed by atoms with Gasteiger partial charge in [-0.2, -0.15) is 0 Å². The number of benzene rings is 1. The largest absolute Gasteiger partial charge is 0.379 e. The van der Waals surface area contributed by atoms with Crippen LogP contribution in [0.15, 0.2) is 53.7 Å². The van der Waals surface area contributed by atoms with Crippen molar-refractivity contribution in [2.75, 3.05) is 44.7 Å².